The lowest BCUT2D eigenvalue weighted by atomic mass is 9.94. The number of carbonyl (C=O) groups excluding carboxylic acids is 1. The lowest BCUT2D eigenvalue weighted by Crippen LogP contribution is -2.41. The topological polar surface area (TPSA) is 42.4 Å². The molecule has 0 radical (unpaired) electrons. The zero-order valence-electron chi connectivity index (χ0n) is 13.9. The molecule has 0 aliphatic heterocycles. The predicted octanol–water partition coefficient (Wildman–Crippen LogP) is 4.04. The van der Waals surface area contributed by atoms with Crippen molar-refractivity contribution >= 4 is 16.8 Å². The van der Waals surface area contributed by atoms with Crippen LogP contribution in [0.4, 0.5) is 0 Å². The lowest BCUT2D eigenvalue weighted by Gasteiger charge is -2.33. The number of methoxy groups -OCH3 is 1. The molecule has 4 nitrogen and oxygen atoms in total. The minimum atomic E-state index is 0.0529. The number of amides is 1. The highest BCUT2D eigenvalue weighted by molar-refractivity contribution is 5.95. The maximum absolute atomic E-state index is 12.9. The van der Waals surface area contributed by atoms with Gasteiger partial charge in [-0.15, -0.1) is 0 Å². The van der Waals surface area contributed by atoms with Crippen LogP contribution >= 0.6 is 0 Å². The van der Waals surface area contributed by atoms with E-state index in [1.807, 2.05) is 35.2 Å². The van der Waals surface area contributed by atoms with Crippen molar-refractivity contribution in [3.05, 3.63) is 36.0 Å². The lowest BCUT2D eigenvalue weighted by molar-refractivity contribution is 0.0642. The number of aromatic nitrogens is 1. The molecule has 122 valence electrons. The molecule has 1 aromatic carbocycles. The number of ether oxygens (including phenoxy) is 1. The third-order valence-electron chi connectivity index (χ3n) is 4.73. The van der Waals surface area contributed by atoms with Crippen LogP contribution in [-0.2, 0) is 0 Å². The Labute approximate surface area is 137 Å². The number of hydrogen-bond donors (Lipinski definition) is 0. The second-order valence-electron chi connectivity index (χ2n) is 6.14. The van der Waals surface area contributed by atoms with Gasteiger partial charge in [0.2, 0.25) is 0 Å². The SMILES string of the molecule is CCN(C(=O)c1ccc2cc(OC)ccc2n1)C1CCCCC1. The predicted molar refractivity (Wildman–Crippen MR) is 91.9 cm³/mol. The molecule has 0 N–H and O–H groups in total. The Morgan fingerprint density at radius 2 is 2.00 bits per heavy atom. The number of pyridine rings is 1. The largest absolute Gasteiger partial charge is 0.497 e. The van der Waals surface area contributed by atoms with Crippen LogP contribution in [-0.4, -0.2) is 35.5 Å². The molecule has 1 aliphatic rings. The summed E-state index contributed by atoms with van der Waals surface area (Å²) >= 11 is 0. The van der Waals surface area contributed by atoms with Gasteiger partial charge < -0.3 is 9.64 Å². The first kappa shape index (κ1) is 15.8. The fourth-order valence-corrected chi connectivity index (χ4v) is 3.46. The second kappa shape index (κ2) is 6.99. The van der Waals surface area contributed by atoms with Gasteiger partial charge in [-0.3, -0.25) is 4.79 Å². The van der Waals surface area contributed by atoms with Gasteiger partial charge in [-0.1, -0.05) is 25.3 Å². The number of nitrogens with zero attached hydrogens (tertiary/aromatic N) is 2. The molecule has 1 saturated carbocycles. The van der Waals surface area contributed by atoms with Gasteiger partial charge in [-0.2, -0.15) is 0 Å². The summed E-state index contributed by atoms with van der Waals surface area (Å²) in [6.07, 6.45) is 5.96. The molecule has 1 heterocycles. The van der Waals surface area contributed by atoms with Gasteiger partial charge in [0.1, 0.15) is 11.4 Å². The summed E-state index contributed by atoms with van der Waals surface area (Å²) in [5.41, 5.74) is 1.37. The highest BCUT2D eigenvalue weighted by atomic mass is 16.5. The summed E-state index contributed by atoms with van der Waals surface area (Å²) in [6, 6.07) is 9.87. The van der Waals surface area contributed by atoms with E-state index in [9.17, 15) is 4.79 Å². The van der Waals surface area contributed by atoms with E-state index in [2.05, 4.69) is 11.9 Å². The third kappa shape index (κ3) is 3.31. The van der Waals surface area contributed by atoms with Crippen LogP contribution in [0.25, 0.3) is 10.9 Å². The molecule has 0 unspecified atom stereocenters. The smallest absolute Gasteiger partial charge is 0.272 e. The summed E-state index contributed by atoms with van der Waals surface area (Å²) in [5, 5.41) is 0.988. The zero-order valence-corrected chi connectivity index (χ0v) is 13.9. The number of fused-ring (bicyclic) bond motifs is 1. The molecule has 2 aromatic rings. The van der Waals surface area contributed by atoms with Gasteiger partial charge in [0, 0.05) is 18.0 Å². The quantitative estimate of drug-likeness (QED) is 0.855. The second-order valence-corrected chi connectivity index (χ2v) is 6.14. The van der Waals surface area contributed by atoms with E-state index >= 15 is 0 Å². The van der Waals surface area contributed by atoms with Crippen molar-refractivity contribution in [2.24, 2.45) is 0 Å². The molecule has 1 aliphatic carbocycles. The van der Waals surface area contributed by atoms with Gasteiger partial charge in [-0.25, -0.2) is 4.98 Å². The van der Waals surface area contributed by atoms with E-state index in [1.165, 1.54) is 19.3 Å². The molecule has 1 amide bonds. The summed E-state index contributed by atoms with van der Waals surface area (Å²) in [7, 11) is 1.65. The summed E-state index contributed by atoms with van der Waals surface area (Å²) in [5.74, 6) is 0.855. The van der Waals surface area contributed by atoms with E-state index in [-0.39, 0.29) is 5.91 Å². The Morgan fingerprint density at radius 3 is 2.70 bits per heavy atom. The molecule has 3 rings (SSSR count). The summed E-state index contributed by atoms with van der Waals surface area (Å²) < 4.78 is 5.23. The normalized spacial score (nSPS) is 15.6. The minimum absolute atomic E-state index is 0.0529. The molecular weight excluding hydrogens is 288 g/mol. The van der Waals surface area contributed by atoms with E-state index in [4.69, 9.17) is 4.74 Å². The molecule has 0 bridgehead atoms. The van der Waals surface area contributed by atoms with Crippen LogP contribution in [0.15, 0.2) is 30.3 Å². The molecular formula is C19H24N2O2. The van der Waals surface area contributed by atoms with Crippen molar-refractivity contribution in [3.63, 3.8) is 0 Å². The molecule has 4 heteroatoms. The Balaban J connectivity index is 1.86. The highest BCUT2D eigenvalue weighted by Gasteiger charge is 2.25. The average Bonchev–Trinajstić information content (AvgIpc) is 2.62. The monoisotopic (exact) mass is 312 g/mol. The first-order valence-corrected chi connectivity index (χ1v) is 8.48. The number of carbonyl (C=O) groups is 1. The van der Waals surface area contributed by atoms with E-state index < -0.39 is 0 Å². The van der Waals surface area contributed by atoms with Gasteiger partial charge in [0.05, 0.1) is 12.6 Å². The molecule has 23 heavy (non-hydrogen) atoms. The van der Waals surface area contributed by atoms with Crippen LogP contribution in [0, 0.1) is 0 Å². The van der Waals surface area contributed by atoms with Crippen LogP contribution in [0.1, 0.15) is 49.5 Å². The maximum atomic E-state index is 12.9. The Bertz CT molecular complexity index is 693. The fourth-order valence-electron chi connectivity index (χ4n) is 3.46. The molecule has 1 aromatic heterocycles. The van der Waals surface area contributed by atoms with Gasteiger partial charge in [-0.05, 0) is 44.0 Å². The van der Waals surface area contributed by atoms with Crippen molar-refractivity contribution in [2.45, 2.75) is 45.1 Å². The Hall–Kier alpha value is -2.10. The van der Waals surface area contributed by atoms with E-state index in [0.29, 0.717) is 11.7 Å². The van der Waals surface area contributed by atoms with Gasteiger partial charge in [0.15, 0.2) is 0 Å². The van der Waals surface area contributed by atoms with E-state index in [1.54, 1.807) is 7.11 Å². The van der Waals surface area contributed by atoms with Crippen LogP contribution < -0.4 is 4.74 Å². The fraction of sp³-hybridized carbons (Fsp3) is 0.474. The number of rotatable bonds is 4. The van der Waals surface area contributed by atoms with Crippen molar-refractivity contribution in [2.75, 3.05) is 13.7 Å². The van der Waals surface area contributed by atoms with Crippen LogP contribution in [0.5, 0.6) is 5.75 Å². The van der Waals surface area contributed by atoms with Crippen molar-refractivity contribution in [1.82, 2.24) is 9.88 Å². The van der Waals surface area contributed by atoms with Crippen molar-refractivity contribution in [1.29, 1.82) is 0 Å². The molecule has 0 spiro atoms. The molecule has 1 fully saturated rings. The zero-order chi connectivity index (χ0) is 16.2. The van der Waals surface area contributed by atoms with E-state index in [0.717, 1.165) is 36.0 Å². The summed E-state index contributed by atoms with van der Waals surface area (Å²) in [6.45, 7) is 2.80. The highest BCUT2D eigenvalue weighted by Crippen LogP contribution is 2.25. The van der Waals surface area contributed by atoms with Crippen LogP contribution in [0.2, 0.25) is 0 Å². The number of hydrogen-bond acceptors (Lipinski definition) is 3. The average molecular weight is 312 g/mol. The standard InChI is InChI=1S/C19H24N2O2/c1-3-21(15-7-5-4-6-8-15)19(22)18-11-9-14-13-16(23-2)10-12-17(14)20-18/h9-13,15H,3-8H2,1-2H3. The Kier molecular flexibility index (Phi) is 4.79. The molecule has 0 atom stereocenters. The maximum Gasteiger partial charge on any atom is 0.272 e. The minimum Gasteiger partial charge on any atom is -0.497 e. The van der Waals surface area contributed by atoms with Gasteiger partial charge in [0.25, 0.3) is 5.91 Å². The first-order chi connectivity index (χ1) is 11.2. The number of benzene rings is 1. The summed E-state index contributed by atoms with van der Waals surface area (Å²) in [4.78, 5) is 19.4. The van der Waals surface area contributed by atoms with Crippen LogP contribution in [0.3, 0.4) is 0 Å². The molecule has 0 saturated heterocycles. The van der Waals surface area contributed by atoms with Gasteiger partial charge >= 0.3 is 0 Å². The van der Waals surface area contributed by atoms with Crippen molar-refractivity contribution < 1.29 is 9.53 Å². The third-order valence-corrected chi connectivity index (χ3v) is 4.73. The Morgan fingerprint density at radius 1 is 1.22 bits per heavy atom. The van der Waals surface area contributed by atoms with Crippen molar-refractivity contribution in [3.8, 4) is 5.75 Å². The first-order valence-electron chi connectivity index (χ1n) is 8.48.